The van der Waals surface area contributed by atoms with E-state index in [1.54, 1.807) is 12.5 Å². The van der Waals surface area contributed by atoms with Crippen molar-refractivity contribution in [2.45, 2.75) is 26.3 Å². The van der Waals surface area contributed by atoms with Gasteiger partial charge in [-0.3, -0.25) is 9.78 Å². The van der Waals surface area contributed by atoms with Crippen molar-refractivity contribution in [1.29, 1.82) is 0 Å². The average molecular weight is 350 g/mol. The molecule has 2 heterocycles. The van der Waals surface area contributed by atoms with Gasteiger partial charge in [-0.2, -0.15) is 0 Å². The van der Waals surface area contributed by atoms with Gasteiger partial charge in [0.25, 0.3) is 5.91 Å². The highest BCUT2D eigenvalue weighted by molar-refractivity contribution is 5.77. The summed E-state index contributed by atoms with van der Waals surface area (Å²) in [4.78, 5) is 16.3. The zero-order valence-electron chi connectivity index (χ0n) is 14.9. The average Bonchev–Trinajstić information content (AvgIpc) is 3.20. The van der Waals surface area contributed by atoms with Crippen molar-refractivity contribution in [3.8, 4) is 17.2 Å². The molecule has 1 N–H and O–H groups in total. The van der Waals surface area contributed by atoms with Crippen LogP contribution in [0.3, 0.4) is 0 Å². The predicted molar refractivity (Wildman–Crippen MR) is 99.8 cm³/mol. The van der Waals surface area contributed by atoms with Gasteiger partial charge >= 0.3 is 0 Å². The van der Waals surface area contributed by atoms with E-state index in [0.717, 1.165) is 17.0 Å². The Bertz CT molecular complexity index is 823. The summed E-state index contributed by atoms with van der Waals surface area (Å²) >= 11 is 0. The quantitative estimate of drug-likeness (QED) is 0.695. The highest BCUT2D eigenvalue weighted by Gasteiger charge is 2.06. The maximum absolute atomic E-state index is 11.9. The third kappa shape index (κ3) is 4.72. The molecule has 0 aliphatic rings. The van der Waals surface area contributed by atoms with Crippen molar-refractivity contribution >= 4 is 5.91 Å². The number of furan rings is 1. The number of aromatic nitrogens is 1. The standard InChI is InChI=1S/C21H22N2O3/c1-15(2)17-6-8-18(9-7-17)26-14-21(24)23-13-16-5-10-19(22-12-16)20-4-3-11-25-20/h3-12,15H,13-14H2,1-2H3,(H,23,24). The molecule has 0 aliphatic heterocycles. The van der Waals surface area contributed by atoms with Gasteiger partial charge in [-0.1, -0.05) is 32.0 Å². The molecule has 0 fully saturated rings. The van der Waals surface area contributed by atoms with E-state index in [0.29, 0.717) is 18.2 Å². The molecular weight excluding hydrogens is 328 g/mol. The van der Waals surface area contributed by atoms with Crippen LogP contribution >= 0.6 is 0 Å². The molecule has 134 valence electrons. The summed E-state index contributed by atoms with van der Waals surface area (Å²) in [6.45, 7) is 4.66. The van der Waals surface area contributed by atoms with Crippen LogP contribution in [0, 0.1) is 0 Å². The van der Waals surface area contributed by atoms with Gasteiger partial charge in [0, 0.05) is 12.7 Å². The second-order valence-corrected chi connectivity index (χ2v) is 6.32. The molecule has 5 heteroatoms. The number of benzene rings is 1. The number of nitrogens with one attached hydrogen (secondary N) is 1. The van der Waals surface area contributed by atoms with Crippen molar-refractivity contribution in [3.63, 3.8) is 0 Å². The first-order chi connectivity index (χ1) is 12.6. The Labute approximate surface area is 153 Å². The van der Waals surface area contributed by atoms with Crippen molar-refractivity contribution in [2.24, 2.45) is 0 Å². The van der Waals surface area contributed by atoms with Crippen LogP contribution in [0.25, 0.3) is 11.5 Å². The fraction of sp³-hybridized carbons (Fsp3) is 0.238. The van der Waals surface area contributed by atoms with Gasteiger partial charge in [-0.05, 0) is 47.4 Å². The minimum atomic E-state index is -0.173. The van der Waals surface area contributed by atoms with E-state index in [1.807, 2.05) is 48.5 Å². The van der Waals surface area contributed by atoms with E-state index in [4.69, 9.17) is 9.15 Å². The molecule has 1 aromatic carbocycles. The Morgan fingerprint density at radius 2 is 1.96 bits per heavy atom. The maximum Gasteiger partial charge on any atom is 0.258 e. The molecule has 3 aromatic rings. The summed E-state index contributed by atoms with van der Waals surface area (Å²) in [5.41, 5.74) is 2.92. The second kappa shape index (κ2) is 8.34. The molecule has 0 aliphatic carbocycles. The Morgan fingerprint density at radius 3 is 2.58 bits per heavy atom. The number of hydrogen-bond donors (Lipinski definition) is 1. The third-order valence-corrected chi connectivity index (χ3v) is 4.00. The Balaban J connectivity index is 1.45. The Kier molecular flexibility index (Phi) is 5.69. The van der Waals surface area contributed by atoms with E-state index in [-0.39, 0.29) is 12.5 Å². The minimum Gasteiger partial charge on any atom is -0.484 e. The number of carbonyl (C=O) groups excluding carboxylic acids is 1. The van der Waals surface area contributed by atoms with E-state index >= 15 is 0 Å². The van der Waals surface area contributed by atoms with Crippen molar-refractivity contribution in [1.82, 2.24) is 10.3 Å². The fourth-order valence-electron chi connectivity index (χ4n) is 2.45. The Morgan fingerprint density at radius 1 is 1.15 bits per heavy atom. The lowest BCUT2D eigenvalue weighted by Crippen LogP contribution is -2.28. The second-order valence-electron chi connectivity index (χ2n) is 6.32. The zero-order chi connectivity index (χ0) is 18.4. The summed E-state index contributed by atoms with van der Waals surface area (Å²) in [7, 11) is 0. The van der Waals surface area contributed by atoms with Gasteiger partial charge in [0.15, 0.2) is 12.4 Å². The molecule has 2 aromatic heterocycles. The first-order valence-electron chi connectivity index (χ1n) is 8.60. The molecule has 26 heavy (non-hydrogen) atoms. The monoisotopic (exact) mass is 350 g/mol. The van der Waals surface area contributed by atoms with Gasteiger partial charge in [0.05, 0.1) is 6.26 Å². The highest BCUT2D eigenvalue weighted by Crippen LogP contribution is 2.19. The van der Waals surface area contributed by atoms with E-state index < -0.39 is 0 Å². The molecule has 0 saturated carbocycles. The van der Waals surface area contributed by atoms with Crippen LogP contribution in [0.15, 0.2) is 65.4 Å². The minimum absolute atomic E-state index is 0.0149. The van der Waals surface area contributed by atoms with Crippen molar-refractivity contribution in [3.05, 3.63) is 72.1 Å². The fourth-order valence-corrected chi connectivity index (χ4v) is 2.45. The molecule has 0 bridgehead atoms. The van der Waals surface area contributed by atoms with Gasteiger partial charge in [-0.15, -0.1) is 0 Å². The van der Waals surface area contributed by atoms with E-state index in [2.05, 4.69) is 24.1 Å². The first kappa shape index (κ1) is 17.7. The molecule has 0 unspecified atom stereocenters. The summed E-state index contributed by atoms with van der Waals surface area (Å²) in [6.07, 6.45) is 3.34. The number of ether oxygens (including phenoxy) is 1. The lowest BCUT2D eigenvalue weighted by atomic mass is 10.0. The lowest BCUT2D eigenvalue weighted by Gasteiger charge is -2.09. The molecule has 5 nitrogen and oxygen atoms in total. The molecule has 0 spiro atoms. The third-order valence-electron chi connectivity index (χ3n) is 4.00. The number of rotatable bonds is 7. The van der Waals surface area contributed by atoms with Crippen molar-refractivity contribution in [2.75, 3.05) is 6.61 Å². The van der Waals surface area contributed by atoms with E-state index in [9.17, 15) is 4.79 Å². The topological polar surface area (TPSA) is 64.4 Å². The molecule has 3 rings (SSSR count). The SMILES string of the molecule is CC(C)c1ccc(OCC(=O)NCc2ccc(-c3ccco3)nc2)cc1. The van der Waals surface area contributed by atoms with Crippen LogP contribution in [0.4, 0.5) is 0 Å². The zero-order valence-corrected chi connectivity index (χ0v) is 14.9. The van der Waals surface area contributed by atoms with Crippen LogP contribution in [-0.4, -0.2) is 17.5 Å². The van der Waals surface area contributed by atoms with Gasteiger partial charge in [0.1, 0.15) is 11.4 Å². The number of amides is 1. The summed E-state index contributed by atoms with van der Waals surface area (Å²) in [6, 6.07) is 15.3. The van der Waals surface area contributed by atoms with Gasteiger partial charge in [-0.25, -0.2) is 0 Å². The predicted octanol–water partition coefficient (Wildman–Crippen LogP) is 4.16. The number of hydrogen-bond acceptors (Lipinski definition) is 4. The van der Waals surface area contributed by atoms with Crippen LogP contribution in [0.2, 0.25) is 0 Å². The summed E-state index contributed by atoms with van der Waals surface area (Å²) in [5, 5.41) is 2.83. The maximum atomic E-state index is 11.9. The molecule has 0 atom stereocenters. The normalized spacial score (nSPS) is 10.7. The summed E-state index contributed by atoms with van der Waals surface area (Å²) in [5.74, 6) is 1.71. The van der Waals surface area contributed by atoms with Crippen LogP contribution in [0.1, 0.15) is 30.9 Å². The van der Waals surface area contributed by atoms with Crippen LogP contribution < -0.4 is 10.1 Å². The number of pyridine rings is 1. The molecule has 0 radical (unpaired) electrons. The van der Waals surface area contributed by atoms with E-state index in [1.165, 1.54) is 5.56 Å². The Hall–Kier alpha value is -3.08. The largest absolute Gasteiger partial charge is 0.484 e. The highest BCUT2D eigenvalue weighted by atomic mass is 16.5. The smallest absolute Gasteiger partial charge is 0.258 e. The van der Waals surface area contributed by atoms with Gasteiger partial charge < -0.3 is 14.5 Å². The summed E-state index contributed by atoms with van der Waals surface area (Å²) < 4.78 is 10.8. The molecular formula is C21H22N2O3. The lowest BCUT2D eigenvalue weighted by molar-refractivity contribution is -0.123. The molecule has 0 saturated heterocycles. The van der Waals surface area contributed by atoms with Crippen LogP contribution in [0.5, 0.6) is 5.75 Å². The number of nitrogens with zero attached hydrogens (tertiary/aromatic N) is 1. The first-order valence-corrected chi connectivity index (χ1v) is 8.60. The van der Waals surface area contributed by atoms with Gasteiger partial charge in [0.2, 0.25) is 0 Å². The number of carbonyl (C=O) groups is 1. The molecule has 1 amide bonds. The van der Waals surface area contributed by atoms with Crippen molar-refractivity contribution < 1.29 is 13.9 Å². The van der Waals surface area contributed by atoms with Crippen LogP contribution in [-0.2, 0) is 11.3 Å².